The molecule has 1 heterocycles. The molecule has 1 N–H and O–H groups in total. The van der Waals surface area contributed by atoms with Gasteiger partial charge in [0.05, 0.1) is 18.2 Å². The Morgan fingerprint density at radius 3 is 2.47 bits per heavy atom. The number of hydrogen-bond donors (Lipinski definition) is 1. The van der Waals surface area contributed by atoms with Crippen LogP contribution < -0.4 is 5.32 Å². The zero-order valence-corrected chi connectivity index (χ0v) is 20.3. The average Bonchev–Trinajstić information content (AvgIpc) is 3.27. The largest absolute Gasteiger partial charge is 0.352 e. The third-order valence-electron chi connectivity index (χ3n) is 6.19. The van der Waals surface area contributed by atoms with Crippen molar-refractivity contribution in [2.45, 2.75) is 39.7 Å². The van der Waals surface area contributed by atoms with Crippen LogP contribution in [0.5, 0.6) is 0 Å². The summed E-state index contributed by atoms with van der Waals surface area (Å²) < 4.78 is 29.4. The van der Waals surface area contributed by atoms with Gasteiger partial charge in [-0.15, -0.1) is 0 Å². The summed E-state index contributed by atoms with van der Waals surface area (Å²) in [5, 5.41) is 11.7. The first-order valence-corrected chi connectivity index (χ1v) is 11.8. The minimum absolute atomic E-state index is 0.0718. The maximum absolute atomic E-state index is 13.9. The number of carbonyl (C=O) groups is 1. The summed E-state index contributed by atoms with van der Waals surface area (Å²) in [4.78, 5) is 12.6. The van der Waals surface area contributed by atoms with Crippen molar-refractivity contribution in [3.8, 4) is 23.0 Å². The van der Waals surface area contributed by atoms with Crippen LogP contribution in [0.1, 0.15) is 34.4 Å². The van der Waals surface area contributed by atoms with E-state index in [1.165, 1.54) is 5.56 Å². The van der Waals surface area contributed by atoms with Crippen LogP contribution >= 0.6 is 0 Å². The van der Waals surface area contributed by atoms with Gasteiger partial charge in [-0.1, -0.05) is 35.9 Å². The second kappa shape index (κ2) is 11.0. The molecule has 6 heteroatoms. The third-order valence-corrected chi connectivity index (χ3v) is 6.19. The van der Waals surface area contributed by atoms with Crippen LogP contribution in [-0.2, 0) is 24.2 Å². The summed E-state index contributed by atoms with van der Waals surface area (Å²) in [5.41, 5.74) is 7.38. The van der Waals surface area contributed by atoms with Crippen LogP contribution in [0, 0.1) is 36.8 Å². The van der Waals surface area contributed by atoms with E-state index in [0.29, 0.717) is 12.8 Å². The van der Waals surface area contributed by atoms with Gasteiger partial charge in [0.1, 0.15) is 11.6 Å². The number of amides is 1. The Kier molecular flexibility index (Phi) is 7.60. The number of carbonyl (C=O) groups excluding carboxylic acids is 1. The predicted molar refractivity (Wildman–Crippen MR) is 137 cm³/mol. The van der Waals surface area contributed by atoms with Crippen molar-refractivity contribution in [2.24, 2.45) is 0 Å². The molecule has 1 amide bonds. The molecule has 0 saturated carbocycles. The summed E-state index contributed by atoms with van der Waals surface area (Å²) in [6.07, 6.45) is 0.997. The summed E-state index contributed by atoms with van der Waals surface area (Å²) in [6.45, 7) is 4.06. The molecule has 36 heavy (non-hydrogen) atoms. The Morgan fingerprint density at radius 1 is 0.972 bits per heavy atom. The molecule has 0 spiro atoms. The highest BCUT2D eigenvalue weighted by molar-refractivity contribution is 5.76. The monoisotopic (exact) mass is 483 g/mol. The predicted octanol–water partition coefficient (Wildman–Crippen LogP) is 6.35. The van der Waals surface area contributed by atoms with E-state index in [-0.39, 0.29) is 24.4 Å². The van der Waals surface area contributed by atoms with Crippen molar-refractivity contribution in [1.82, 2.24) is 9.88 Å². The number of halogens is 2. The fourth-order valence-corrected chi connectivity index (χ4v) is 4.35. The summed E-state index contributed by atoms with van der Waals surface area (Å²) in [5.74, 6) is -1.34. The molecular weight excluding hydrogens is 456 g/mol. The number of benzene rings is 3. The molecule has 0 aliphatic heterocycles. The number of nitrogens with one attached hydrogen (secondary N) is 1. The average molecular weight is 484 g/mol. The zero-order valence-electron chi connectivity index (χ0n) is 20.3. The SMILES string of the molecule is Cc1ccc(-c2ccc(CCC(=O)NCc3cc(F)ccc3F)n2-c2ccc(CC#N)cc2)c(C)c1. The van der Waals surface area contributed by atoms with Crippen molar-refractivity contribution >= 4 is 5.91 Å². The lowest BCUT2D eigenvalue weighted by atomic mass is 10.0. The lowest BCUT2D eigenvalue weighted by Gasteiger charge is -2.16. The highest BCUT2D eigenvalue weighted by atomic mass is 19.1. The van der Waals surface area contributed by atoms with Gasteiger partial charge in [0, 0.05) is 35.5 Å². The van der Waals surface area contributed by atoms with E-state index >= 15 is 0 Å². The molecule has 4 nitrogen and oxygen atoms in total. The van der Waals surface area contributed by atoms with E-state index < -0.39 is 11.6 Å². The Hall–Kier alpha value is -4.24. The number of nitriles is 1. The van der Waals surface area contributed by atoms with Gasteiger partial charge in [-0.2, -0.15) is 5.26 Å². The van der Waals surface area contributed by atoms with Crippen molar-refractivity contribution in [3.05, 3.63) is 112 Å². The second-order valence-electron chi connectivity index (χ2n) is 8.88. The Bertz CT molecular complexity index is 1430. The van der Waals surface area contributed by atoms with E-state index in [2.05, 4.69) is 54.1 Å². The highest BCUT2D eigenvalue weighted by Gasteiger charge is 2.15. The van der Waals surface area contributed by atoms with Crippen LogP contribution in [0.3, 0.4) is 0 Å². The Balaban J connectivity index is 1.58. The van der Waals surface area contributed by atoms with Gasteiger partial charge in [0.2, 0.25) is 5.91 Å². The Morgan fingerprint density at radius 2 is 1.75 bits per heavy atom. The van der Waals surface area contributed by atoms with Gasteiger partial charge in [-0.05, 0) is 73.9 Å². The van der Waals surface area contributed by atoms with Crippen molar-refractivity contribution in [3.63, 3.8) is 0 Å². The standard InChI is InChI=1S/C30H27F2N3O/c1-20-3-11-27(21(2)17-20)29-13-9-26(35(29)25-7-4-22(5-8-25)15-16-33)10-14-30(36)34-19-23-18-24(31)6-12-28(23)32/h3-9,11-13,17-18H,10,14-15,19H2,1-2H3,(H,34,36). The summed E-state index contributed by atoms with van der Waals surface area (Å²) >= 11 is 0. The number of aryl methyl sites for hydroxylation is 3. The number of aromatic nitrogens is 1. The molecule has 0 unspecified atom stereocenters. The van der Waals surface area contributed by atoms with Gasteiger partial charge in [-0.25, -0.2) is 8.78 Å². The van der Waals surface area contributed by atoms with Crippen LogP contribution in [0.4, 0.5) is 8.78 Å². The first-order valence-electron chi connectivity index (χ1n) is 11.8. The normalized spacial score (nSPS) is 10.8. The van der Waals surface area contributed by atoms with Crippen LogP contribution in [0.25, 0.3) is 16.9 Å². The van der Waals surface area contributed by atoms with Crippen LogP contribution in [-0.4, -0.2) is 10.5 Å². The minimum Gasteiger partial charge on any atom is -0.352 e. The molecule has 0 aliphatic carbocycles. The Labute approximate surface area is 209 Å². The maximum Gasteiger partial charge on any atom is 0.220 e. The third kappa shape index (κ3) is 5.69. The molecular formula is C30H27F2N3O. The van der Waals surface area contributed by atoms with E-state index in [9.17, 15) is 13.6 Å². The van der Waals surface area contributed by atoms with Gasteiger partial charge >= 0.3 is 0 Å². The van der Waals surface area contributed by atoms with Crippen molar-refractivity contribution < 1.29 is 13.6 Å². The molecule has 0 saturated heterocycles. The number of rotatable bonds is 8. The van der Waals surface area contributed by atoms with Gasteiger partial charge in [0.15, 0.2) is 0 Å². The lowest BCUT2D eigenvalue weighted by molar-refractivity contribution is -0.121. The number of nitrogens with zero attached hydrogens (tertiary/aromatic N) is 2. The molecule has 0 atom stereocenters. The summed E-state index contributed by atoms with van der Waals surface area (Å²) in [6, 6.07) is 23.6. The molecule has 182 valence electrons. The molecule has 0 radical (unpaired) electrons. The molecule has 3 aromatic carbocycles. The fraction of sp³-hybridized carbons (Fsp3) is 0.200. The quantitative estimate of drug-likeness (QED) is 0.317. The van der Waals surface area contributed by atoms with Gasteiger partial charge < -0.3 is 9.88 Å². The second-order valence-corrected chi connectivity index (χ2v) is 8.88. The maximum atomic E-state index is 13.9. The van der Waals surface area contributed by atoms with Crippen molar-refractivity contribution in [2.75, 3.05) is 0 Å². The lowest BCUT2D eigenvalue weighted by Crippen LogP contribution is -2.24. The first kappa shape index (κ1) is 24.9. The van der Waals surface area contributed by atoms with E-state index in [1.807, 2.05) is 30.3 Å². The minimum atomic E-state index is -0.552. The fourth-order valence-electron chi connectivity index (χ4n) is 4.35. The molecule has 0 aliphatic rings. The zero-order chi connectivity index (χ0) is 25.7. The molecule has 1 aromatic heterocycles. The first-order chi connectivity index (χ1) is 17.4. The van der Waals surface area contributed by atoms with Crippen LogP contribution in [0.15, 0.2) is 72.8 Å². The topological polar surface area (TPSA) is 57.8 Å². The summed E-state index contributed by atoms with van der Waals surface area (Å²) in [7, 11) is 0. The molecule has 0 bridgehead atoms. The molecule has 0 fully saturated rings. The van der Waals surface area contributed by atoms with E-state index in [1.54, 1.807) is 0 Å². The van der Waals surface area contributed by atoms with Crippen molar-refractivity contribution in [1.29, 1.82) is 5.26 Å². The number of hydrogen-bond acceptors (Lipinski definition) is 2. The van der Waals surface area contributed by atoms with Gasteiger partial charge in [-0.3, -0.25) is 4.79 Å². The van der Waals surface area contributed by atoms with E-state index in [4.69, 9.17) is 5.26 Å². The smallest absolute Gasteiger partial charge is 0.220 e. The van der Waals surface area contributed by atoms with Gasteiger partial charge in [0.25, 0.3) is 0 Å². The van der Waals surface area contributed by atoms with E-state index in [0.717, 1.165) is 52.0 Å². The highest BCUT2D eigenvalue weighted by Crippen LogP contribution is 2.30. The molecule has 4 aromatic rings. The molecule has 4 rings (SSSR count). The van der Waals surface area contributed by atoms with Crippen LogP contribution in [0.2, 0.25) is 0 Å².